The van der Waals surface area contributed by atoms with E-state index in [1.54, 1.807) is 13.2 Å². The maximum atomic E-state index is 12.6. The highest BCUT2D eigenvalue weighted by atomic mass is 16.2. The van der Waals surface area contributed by atoms with Gasteiger partial charge in [-0.15, -0.1) is 0 Å². The van der Waals surface area contributed by atoms with E-state index in [2.05, 4.69) is 15.7 Å². The lowest BCUT2D eigenvalue weighted by atomic mass is 9.93. The number of aromatic nitrogens is 2. The van der Waals surface area contributed by atoms with E-state index in [4.69, 9.17) is 0 Å². The second-order valence-corrected chi connectivity index (χ2v) is 7.19. The minimum absolute atomic E-state index is 0.0593. The first kappa shape index (κ1) is 17.8. The highest BCUT2D eigenvalue weighted by Gasteiger charge is 2.25. The number of likely N-dealkylation sites (tertiary alicyclic amines) is 1. The number of carbonyl (C=O) groups excluding carboxylic acids is 2. The van der Waals surface area contributed by atoms with Crippen LogP contribution in [0, 0.1) is 5.92 Å². The van der Waals surface area contributed by atoms with Crippen molar-refractivity contribution in [2.24, 2.45) is 5.92 Å². The third-order valence-electron chi connectivity index (χ3n) is 5.48. The number of nitrogens with zero attached hydrogens (tertiary/aromatic N) is 3. The van der Waals surface area contributed by atoms with Gasteiger partial charge in [-0.25, -0.2) is 9.48 Å². The predicted molar refractivity (Wildman–Crippen MR) is 96.3 cm³/mol. The summed E-state index contributed by atoms with van der Waals surface area (Å²) in [5, 5.41) is 10.1. The molecular weight excluding hydrogens is 318 g/mol. The molecule has 1 aliphatic heterocycles. The lowest BCUT2D eigenvalue weighted by molar-refractivity contribution is -0.121. The van der Waals surface area contributed by atoms with E-state index in [1.165, 1.54) is 19.3 Å². The van der Waals surface area contributed by atoms with Crippen molar-refractivity contribution < 1.29 is 9.59 Å². The molecule has 3 amide bonds. The Balaban J connectivity index is 1.52. The molecule has 1 saturated carbocycles. The summed E-state index contributed by atoms with van der Waals surface area (Å²) < 4.78 is 1.98. The Labute approximate surface area is 149 Å². The third kappa shape index (κ3) is 4.52. The molecule has 0 radical (unpaired) electrons. The zero-order valence-electron chi connectivity index (χ0n) is 15.0. The monoisotopic (exact) mass is 347 g/mol. The van der Waals surface area contributed by atoms with Crippen LogP contribution in [0.15, 0.2) is 12.3 Å². The van der Waals surface area contributed by atoms with E-state index >= 15 is 0 Å². The van der Waals surface area contributed by atoms with Crippen LogP contribution in [0.25, 0.3) is 0 Å². The number of piperidine rings is 1. The molecule has 1 aliphatic carbocycles. The van der Waals surface area contributed by atoms with Gasteiger partial charge in [0.05, 0.1) is 12.2 Å². The maximum absolute atomic E-state index is 12.6. The largest absolute Gasteiger partial charge is 0.359 e. The molecule has 2 N–H and O–H groups in total. The van der Waals surface area contributed by atoms with Gasteiger partial charge >= 0.3 is 6.03 Å². The van der Waals surface area contributed by atoms with Crippen LogP contribution in [0.5, 0.6) is 0 Å². The quantitative estimate of drug-likeness (QED) is 0.879. The Bertz CT molecular complexity index is 586. The molecule has 0 bridgehead atoms. The lowest BCUT2D eigenvalue weighted by Crippen LogP contribution is -2.42. The minimum atomic E-state index is -0.0593. The van der Waals surface area contributed by atoms with Gasteiger partial charge in [-0.2, -0.15) is 5.10 Å². The standard InChI is InChI=1S/C18H29N5O2/c1-19-17(24)13-14-8-11-22(12-9-14)18(25)21-16-7-10-20-23(16)15-5-3-2-4-6-15/h7,10,14-15H,2-6,8-9,11-13H2,1H3,(H,19,24)(H,21,25). The molecule has 0 spiro atoms. The van der Waals surface area contributed by atoms with Crippen LogP contribution in [-0.4, -0.2) is 46.8 Å². The normalized spacial score (nSPS) is 19.6. The summed E-state index contributed by atoms with van der Waals surface area (Å²) in [7, 11) is 1.67. The van der Waals surface area contributed by atoms with Crippen molar-refractivity contribution in [2.45, 2.75) is 57.4 Å². The molecule has 0 aromatic carbocycles. The number of amides is 3. The van der Waals surface area contributed by atoms with Crippen molar-refractivity contribution in [1.29, 1.82) is 0 Å². The number of hydrogen-bond donors (Lipinski definition) is 2. The van der Waals surface area contributed by atoms with Gasteiger partial charge in [0.1, 0.15) is 5.82 Å². The molecule has 1 aromatic rings. The number of carbonyl (C=O) groups is 2. The average molecular weight is 347 g/mol. The SMILES string of the molecule is CNC(=O)CC1CCN(C(=O)Nc2ccnn2C2CCCCC2)CC1. The van der Waals surface area contributed by atoms with E-state index in [9.17, 15) is 9.59 Å². The Morgan fingerprint density at radius 2 is 1.88 bits per heavy atom. The Hall–Kier alpha value is -2.05. The first-order chi connectivity index (χ1) is 12.2. The smallest absolute Gasteiger partial charge is 0.322 e. The second-order valence-electron chi connectivity index (χ2n) is 7.19. The van der Waals surface area contributed by atoms with Crippen molar-refractivity contribution in [2.75, 3.05) is 25.5 Å². The summed E-state index contributed by atoms with van der Waals surface area (Å²) in [5.41, 5.74) is 0. The summed E-state index contributed by atoms with van der Waals surface area (Å²) in [6, 6.07) is 2.22. The second kappa shape index (κ2) is 8.36. The zero-order chi connectivity index (χ0) is 17.6. The Kier molecular flexibility index (Phi) is 5.94. The van der Waals surface area contributed by atoms with Crippen LogP contribution in [-0.2, 0) is 4.79 Å². The van der Waals surface area contributed by atoms with E-state index in [0.717, 1.165) is 31.5 Å². The highest BCUT2D eigenvalue weighted by Crippen LogP contribution is 2.30. The van der Waals surface area contributed by atoms with E-state index in [-0.39, 0.29) is 11.9 Å². The van der Waals surface area contributed by atoms with Crippen LogP contribution in [0.1, 0.15) is 57.4 Å². The fraction of sp³-hybridized carbons (Fsp3) is 0.722. The first-order valence-electron chi connectivity index (χ1n) is 9.47. The number of nitrogens with one attached hydrogen (secondary N) is 2. The fourth-order valence-corrected chi connectivity index (χ4v) is 3.92. The van der Waals surface area contributed by atoms with Gasteiger partial charge in [-0.05, 0) is 31.6 Å². The van der Waals surface area contributed by atoms with Crippen molar-refractivity contribution >= 4 is 17.8 Å². The third-order valence-corrected chi connectivity index (χ3v) is 5.48. The molecule has 1 aromatic heterocycles. The van der Waals surface area contributed by atoms with Gasteiger partial charge in [0.2, 0.25) is 5.91 Å². The summed E-state index contributed by atoms with van der Waals surface area (Å²) in [4.78, 5) is 25.9. The van der Waals surface area contributed by atoms with Gasteiger partial charge in [0.25, 0.3) is 0 Å². The molecule has 25 heavy (non-hydrogen) atoms. The summed E-state index contributed by atoms with van der Waals surface area (Å²) in [6.45, 7) is 1.40. The van der Waals surface area contributed by atoms with Crippen LogP contribution in [0.3, 0.4) is 0 Å². The predicted octanol–water partition coefficient (Wildman–Crippen LogP) is 2.77. The zero-order valence-corrected chi connectivity index (χ0v) is 15.0. The Morgan fingerprint density at radius 3 is 2.56 bits per heavy atom. The molecule has 0 atom stereocenters. The van der Waals surface area contributed by atoms with E-state index in [0.29, 0.717) is 31.5 Å². The summed E-state index contributed by atoms with van der Waals surface area (Å²) in [5.74, 6) is 1.25. The molecule has 1 saturated heterocycles. The van der Waals surface area contributed by atoms with Crippen molar-refractivity contribution in [3.05, 3.63) is 12.3 Å². The number of rotatable bonds is 4. The van der Waals surface area contributed by atoms with Gasteiger partial charge < -0.3 is 10.2 Å². The molecular formula is C18H29N5O2. The molecule has 0 unspecified atom stereocenters. The molecule has 7 heteroatoms. The number of urea groups is 1. The summed E-state index contributed by atoms with van der Waals surface area (Å²) in [6.07, 6.45) is 10.1. The minimum Gasteiger partial charge on any atom is -0.359 e. The Morgan fingerprint density at radius 1 is 1.16 bits per heavy atom. The lowest BCUT2D eigenvalue weighted by Gasteiger charge is -2.32. The van der Waals surface area contributed by atoms with Gasteiger partial charge in [-0.3, -0.25) is 10.1 Å². The van der Waals surface area contributed by atoms with Crippen LogP contribution >= 0.6 is 0 Å². The van der Waals surface area contributed by atoms with Crippen molar-refractivity contribution in [3.8, 4) is 0 Å². The number of hydrogen-bond acceptors (Lipinski definition) is 3. The van der Waals surface area contributed by atoms with Crippen molar-refractivity contribution in [1.82, 2.24) is 20.0 Å². The summed E-state index contributed by atoms with van der Waals surface area (Å²) >= 11 is 0. The molecule has 2 heterocycles. The van der Waals surface area contributed by atoms with Gasteiger partial charge in [0.15, 0.2) is 0 Å². The molecule has 3 rings (SSSR count). The molecule has 7 nitrogen and oxygen atoms in total. The maximum Gasteiger partial charge on any atom is 0.322 e. The number of anilines is 1. The van der Waals surface area contributed by atoms with Gasteiger partial charge in [0, 0.05) is 32.6 Å². The van der Waals surface area contributed by atoms with Gasteiger partial charge in [-0.1, -0.05) is 19.3 Å². The topological polar surface area (TPSA) is 79.3 Å². The first-order valence-corrected chi connectivity index (χ1v) is 9.47. The van der Waals surface area contributed by atoms with E-state index < -0.39 is 0 Å². The molecule has 138 valence electrons. The van der Waals surface area contributed by atoms with E-state index in [1.807, 2.05) is 15.6 Å². The van der Waals surface area contributed by atoms with Crippen LogP contribution in [0.2, 0.25) is 0 Å². The highest BCUT2D eigenvalue weighted by molar-refractivity contribution is 5.88. The average Bonchev–Trinajstić information content (AvgIpc) is 3.11. The van der Waals surface area contributed by atoms with Crippen molar-refractivity contribution in [3.63, 3.8) is 0 Å². The fourth-order valence-electron chi connectivity index (χ4n) is 3.92. The van der Waals surface area contributed by atoms with Crippen LogP contribution in [0.4, 0.5) is 10.6 Å². The molecule has 2 fully saturated rings. The molecule has 2 aliphatic rings. The van der Waals surface area contributed by atoms with Crippen LogP contribution < -0.4 is 10.6 Å².